The van der Waals surface area contributed by atoms with E-state index in [0.29, 0.717) is 12.2 Å². The molecule has 2 aromatic heterocycles. The molecule has 0 saturated carbocycles. The van der Waals surface area contributed by atoms with Gasteiger partial charge in [-0.25, -0.2) is 4.68 Å². The molecule has 0 aliphatic heterocycles. The SMILES string of the molecule is Cc1cc(C(=O)NCc2c(C)nn(-c3ccccc3)c2C)n(C)n1. The molecular formula is C18H21N5O. The number of nitrogens with one attached hydrogen (secondary N) is 1. The highest BCUT2D eigenvalue weighted by atomic mass is 16.2. The predicted octanol–water partition coefficient (Wildman–Crippen LogP) is 2.46. The van der Waals surface area contributed by atoms with Crippen LogP contribution < -0.4 is 5.32 Å². The number of carbonyl (C=O) groups is 1. The quantitative estimate of drug-likeness (QED) is 0.802. The Morgan fingerprint density at radius 1 is 1.12 bits per heavy atom. The lowest BCUT2D eigenvalue weighted by atomic mass is 10.2. The van der Waals surface area contributed by atoms with Gasteiger partial charge in [0.05, 0.1) is 17.1 Å². The number of carbonyl (C=O) groups excluding carboxylic acids is 1. The van der Waals surface area contributed by atoms with E-state index in [2.05, 4.69) is 15.5 Å². The summed E-state index contributed by atoms with van der Waals surface area (Å²) >= 11 is 0. The molecule has 0 saturated heterocycles. The molecule has 1 N–H and O–H groups in total. The highest BCUT2D eigenvalue weighted by Crippen LogP contribution is 2.17. The third-order valence-electron chi connectivity index (χ3n) is 4.10. The van der Waals surface area contributed by atoms with E-state index in [0.717, 1.165) is 28.3 Å². The van der Waals surface area contributed by atoms with Crippen molar-refractivity contribution in [3.05, 3.63) is 64.7 Å². The number of benzene rings is 1. The lowest BCUT2D eigenvalue weighted by molar-refractivity contribution is 0.0941. The van der Waals surface area contributed by atoms with E-state index in [9.17, 15) is 4.79 Å². The third kappa shape index (κ3) is 2.95. The van der Waals surface area contributed by atoms with Crippen LogP contribution in [0.3, 0.4) is 0 Å². The molecule has 1 amide bonds. The average molecular weight is 323 g/mol. The normalized spacial score (nSPS) is 10.8. The van der Waals surface area contributed by atoms with Gasteiger partial charge in [-0.15, -0.1) is 0 Å². The van der Waals surface area contributed by atoms with E-state index in [-0.39, 0.29) is 5.91 Å². The van der Waals surface area contributed by atoms with Crippen molar-refractivity contribution in [2.75, 3.05) is 0 Å². The fourth-order valence-corrected chi connectivity index (χ4v) is 2.83. The summed E-state index contributed by atoms with van der Waals surface area (Å²) in [6.07, 6.45) is 0. The number of para-hydroxylation sites is 1. The van der Waals surface area contributed by atoms with Gasteiger partial charge in [0.2, 0.25) is 0 Å². The van der Waals surface area contributed by atoms with Crippen molar-refractivity contribution in [1.29, 1.82) is 0 Å². The zero-order chi connectivity index (χ0) is 17.3. The first-order valence-corrected chi connectivity index (χ1v) is 7.86. The standard InChI is InChI=1S/C18H21N5O/c1-12-10-17(22(4)20-12)18(24)19-11-16-13(2)21-23(14(16)3)15-8-6-5-7-9-15/h5-10H,11H2,1-4H3,(H,19,24). The van der Waals surface area contributed by atoms with Crippen molar-refractivity contribution in [3.63, 3.8) is 0 Å². The summed E-state index contributed by atoms with van der Waals surface area (Å²) < 4.78 is 3.50. The van der Waals surface area contributed by atoms with Crippen LogP contribution in [0.5, 0.6) is 0 Å². The van der Waals surface area contributed by atoms with Gasteiger partial charge in [0.1, 0.15) is 5.69 Å². The molecule has 0 aliphatic rings. The van der Waals surface area contributed by atoms with E-state index in [4.69, 9.17) is 0 Å². The van der Waals surface area contributed by atoms with Gasteiger partial charge in [0.15, 0.2) is 0 Å². The van der Waals surface area contributed by atoms with Gasteiger partial charge in [0.25, 0.3) is 5.91 Å². The largest absolute Gasteiger partial charge is 0.346 e. The molecule has 0 atom stereocenters. The van der Waals surface area contributed by atoms with E-state index < -0.39 is 0 Å². The Morgan fingerprint density at radius 3 is 2.46 bits per heavy atom. The molecule has 0 bridgehead atoms. The molecule has 1 aromatic carbocycles. The first kappa shape index (κ1) is 16.0. The minimum Gasteiger partial charge on any atom is -0.346 e. The lowest BCUT2D eigenvalue weighted by Gasteiger charge is -2.07. The van der Waals surface area contributed by atoms with Crippen LogP contribution in [0.1, 0.15) is 33.1 Å². The molecule has 0 fully saturated rings. The van der Waals surface area contributed by atoms with Gasteiger partial charge in [0, 0.05) is 24.8 Å². The second-order valence-corrected chi connectivity index (χ2v) is 5.87. The van der Waals surface area contributed by atoms with E-state index in [1.807, 2.05) is 55.8 Å². The van der Waals surface area contributed by atoms with Crippen LogP contribution in [-0.2, 0) is 13.6 Å². The van der Waals surface area contributed by atoms with Crippen LogP contribution in [0, 0.1) is 20.8 Å². The van der Waals surface area contributed by atoms with Crippen molar-refractivity contribution in [2.45, 2.75) is 27.3 Å². The van der Waals surface area contributed by atoms with Gasteiger partial charge in [-0.1, -0.05) is 18.2 Å². The number of hydrogen-bond acceptors (Lipinski definition) is 3. The van der Waals surface area contributed by atoms with Crippen LogP contribution in [0.25, 0.3) is 5.69 Å². The van der Waals surface area contributed by atoms with E-state index >= 15 is 0 Å². The van der Waals surface area contributed by atoms with Gasteiger partial charge in [-0.2, -0.15) is 10.2 Å². The van der Waals surface area contributed by atoms with Crippen molar-refractivity contribution in [3.8, 4) is 5.69 Å². The maximum atomic E-state index is 12.4. The molecule has 2 heterocycles. The van der Waals surface area contributed by atoms with Crippen molar-refractivity contribution >= 4 is 5.91 Å². The summed E-state index contributed by atoms with van der Waals surface area (Å²) in [4.78, 5) is 12.4. The van der Waals surface area contributed by atoms with Crippen LogP contribution in [0.15, 0.2) is 36.4 Å². The first-order chi connectivity index (χ1) is 11.5. The summed E-state index contributed by atoms with van der Waals surface area (Å²) in [6.45, 7) is 6.29. The minimum atomic E-state index is -0.135. The number of amides is 1. The molecule has 24 heavy (non-hydrogen) atoms. The Kier molecular flexibility index (Phi) is 4.20. The van der Waals surface area contributed by atoms with Crippen molar-refractivity contribution in [2.24, 2.45) is 7.05 Å². The fraction of sp³-hybridized carbons (Fsp3) is 0.278. The molecule has 0 spiro atoms. The minimum absolute atomic E-state index is 0.135. The summed E-state index contributed by atoms with van der Waals surface area (Å²) in [6, 6.07) is 11.8. The zero-order valence-corrected chi connectivity index (χ0v) is 14.4. The van der Waals surface area contributed by atoms with Crippen molar-refractivity contribution in [1.82, 2.24) is 24.9 Å². The zero-order valence-electron chi connectivity index (χ0n) is 14.4. The highest BCUT2D eigenvalue weighted by Gasteiger charge is 2.16. The maximum Gasteiger partial charge on any atom is 0.269 e. The molecule has 6 nitrogen and oxygen atoms in total. The summed E-state index contributed by atoms with van der Waals surface area (Å²) in [5, 5.41) is 11.8. The van der Waals surface area contributed by atoms with E-state index in [1.165, 1.54) is 0 Å². The summed E-state index contributed by atoms with van der Waals surface area (Å²) in [7, 11) is 1.77. The van der Waals surface area contributed by atoms with Crippen LogP contribution in [0.2, 0.25) is 0 Å². The number of aromatic nitrogens is 4. The Hall–Kier alpha value is -2.89. The molecule has 3 rings (SSSR count). The molecule has 0 unspecified atom stereocenters. The Balaban J connectivity index is 1.80. The number of rotatable bonds is 4. The van der Waals surface area contributed by atoms with Gasteiger partial charge in [-0.05, 0) is 39.0 Å². The smallest absolute Gasteiger partial charge is 0.269 e. The summed E-state index contributed by atoms with van der Waals surface area (Å²) in [5.41, 5.74) is 5.37. The fourth-order valence-electron chi connectivity index (χ4n) is 2.83. The molecule has 6 heteroatoms. The monoisotopic (exact) mass is 323 g/mol. The van der Waals surface area contributed by atoms with Gasteiger partial charge in [-0.3, -0.25) is 9.48 Å². The van der Waals surface area contributed by atoms with E-state index in [1.54, 1.807) is 17.8 Å². The molecule has 124 valence electrons. The van der Waals surface area contributed by atoms with Gasteiger partial charge < -0.3 is 5.32 Å². The Bertz CT molecular complexity index is 876. The average Bonchev–Trinajstić information content (AvgIpc) is 3.05. The van der Waals surface area contributed by atoms with Crippen LogP contribution >= 0.6 is 0 Å². The third-order valence-corrected chi connectivity index (χ3v) is 4.10. The lowest BCUT2D eigenvalue weighted by Crippen LogP contribution is -2.25. The molecule has 0 aliphatic carbocycles. The van der Waals surface area contributed by atoms with Crippen LogP contribution in [-0.4, -0.2) is 25.5 Å². The maximum absolute atomic E-state index is 12.4. The second-order valence-electron chi connectivity index (χ2n) is 5.87. The second kappa shape index (κ2) is 6.31. The molecule has 3 aromatic rings. The summed E-state index contributed by atoms with van der Waals surface area (Å²) in [5.74, 6) is -0.135. The highest BCUT2D eigenvalue weighted by molar-refractivity contribution is 5.92. The first-order valence-electron chi connectivity index (χ1n) is 7.86. The molecule has 0 radical (unpaired) electrons. The topological polar surface area (TPSA) is 64.7 Å². The Morgan fingerprint density at radius 2 is 1.83 bits per heavy atom. The van der Waals surface area contributed by atoms with Crippen LogP contribution in [0.4, 0.5) is 0 Å². The van der Waals surface area contributed by atoms with Crippen molar-refractivity contribution < 1.29 is 4.79 Å². The van der Waals surface area contributed by atoms with Gasteiger partial charge >= 0.3 is 0 Å². The Labute approximate surface area is 141 Å². The number of nitrogens with zero attached hydrogens (tertiary/aromatic N) is 4. The number of hydrogen-bond donors (Lipinski definition) is 1. The molecular weight excluding hydrogens is 302 g/mol. The number of aryl methyl sites for hydroxylation is 3. The predicted molar refractivity (Wildman–Crippen MR) is 92.2 cm³/mol.